The van der Waals surface area contributed by atoms with Crippen molar-refractivity contribution in [2.24, 2.45) is 0 Å². The largest absolute Gasteiger partial charge is 0.227 e. The van der Waals surface area contributed by atoms with Crippen molar-refractivity contribution in [1.82, 2.24) is 4.48 Å². The first-order valence-corrected chi connectivity index (χ1v) is 14.4. The van der Waals surface area contributed by atoms with Crippen LogP contribution in [0.15, 0.2) is 91.0 Å². The molecule has 0 aliphatic rings. The molecular weight excluding hydrogens is 422 g/mol. The number of benzene rings is 3. The molecule has 0 saturated heterocycles. The summed E-state index contributed by atoms with van der Waals surface area (Å²) in [6.45, 7) is 3.39. The first-order chi connectivity index (χ1) is 17.4. The molecule has 3 aromatic carbocycles. The SMILES string of the molecule is CCCCCCCCCCCCCCCC[N+](c1ccccc1)(c1ccccc1)c1ccccc1. The van der Waals surface area contributed by atoms with Gasteiger partial charge in [0.2, 0.25) is 0 Å². The molecule has 35 heavy (non-hydrogen) atoms. The second-order valence-electron chi connectivity index (χ2n) is 10.1. The van der Waals surface area contributed by atoms with E-state index in [1.165, 1.54) is 107 Å². The van der Waals surface area contributed by atoms with Crippen LogP contribution in [0.25, 0.3) is 0 Å². The summed E-state index contributed by atoms with van der Waals surface area (Å²) in [4.78, 5) is 0. The molecule has 0 fully saturated rings. The maximum atomic E-state index is 2.30. The van der Waals surface area contributed by atoms with Crippen LogP contribution >= 0.6 is 0 Å². The fourth-order valence-corrected chi connectivity index (χ4v) is 5.43. The van der Waals surface area contributed by atoms with E-state index in [2.05, 4.69) is 97.9 Å². The molecule has 0 N–H and O–H groups in total. The van der Waals surface area contributed by atoms with Crippen LogP contribution in [0, 0.1) is 0 Å². The average Bonchev–Trinajstić information content (AvgIpc) is 2.93. The lowest BCUT2D eigenvalue weighted by Crippen LogP contribution is -2.39. The molecule has 0 aromatic heterocycles. The summed E-state index contributed by atoms with van der Waals surface area (Å²) in [6.07, 6.45) is 19.5. The van der Waals surface area contributed by atoms with Gasteiger partial charge in [-0.15, -0.1) is 0 Å². The van der Waals surface area contributed by atoms with Gasteiger partial charge < -0.3 is 0 Å². The van der Waals surface area contributed by atoms with E-state index in [1.807, 2.05) is 0 Å². The number of para-hydroxylation sites is 3. The molecule has 0 saturated carbocycles. The first-order valence-electron chi connectivity index (χ1n) is 14.4. The van der Waals surface area contributed by atoms with E-state index in [0.717, 1.165) is 11.0 Å². The Labute approximate surface area is 215 Å². The van der Waals surface area contributed by atoms with Crippen molar-refractivity contribution in [3.05, 3.63) is 91.0 Å². The molecule has 3 aromatic rings. The zero-order chi connectivity index (χ0) is 24.4. The Morgan fingerprint density at radius 2 is 0.657 bits per heavy atom. The van der Waals surface area contributed by atoms with Gasteiger partial charge in [-0.05, 0) is 49.2 Å². The van der Waals surface area contributed by atoms with Crippen LogP contribution in [0.3, 0.4) is 0 Å². The van der Waals surface area contributed by atoms with Crippen molar-refractivity contribution >= 4 is 17.1 Å². The van der Waals surface area contributed by atoms with Crippen molar-refractivity contribution in [3.8, 4) is 0 Å². The van der Waals surface area contributed by atoms with Crippen LogP contribution in [0.2, 0.25) is 0 Å². The van der Waals surface area contributed by atoms with Gasteiger partial charge in [0.1, 0.15) is 17.1 Å². The Kier molecular flexibility index (Phi) is 12.7. The molecule has 0 unspecified atom stereocenters. The van der Waals surface area contributed by atoms with Gasteiger partial charge in [-0.25, -0.2) is 4.48 Å². The third-order valence-corrected chi connectivity index (χ3v) is 7.44. The molecule has 0 heterocycles. The fourth-order valence-electron chi connectivity index (χ4n) is 5.43. The zero-order valence-electron chi connectivity index (χ0n) is 22.2. The lowest BCUT2D eigenvalue weighted by atomic mass is 10.0. The highest BCUT2D eigenvalue weighted by Gasteiger charge is 2.35. The molecule has 1 heteroatoms. The molecule has 0 spiro atoms. The summed E-state index contributed by atoms with van der Waals surface area (Å²) in [6, 6.07) is 33.2. The third-order valence-electron chi connectivity index (χ3n) is 7.44. The fraction of sp³-hybridized carbons (Fsp3) is 0.471. The maximum Gasteiger partial charge on any atom is 0.143 e. The Balaban J connectivity index is 1.49. The molecule has 0 bridgehead atoms. The lowest BCUT2D eigenvalue weighted by Gasteiger charge is -2.37. The summed E-state index contributed by atoms with van der Waals surface area (Å²) >= 11 is 0. The van der Waals surface area contributed by atoms with Crippen LogP contribution in [-0.2, 0) is 0 Å². The number of quaternary nitrogens is 1. The second-order valence-corrected chi connectivity index (χ2v) is 10.1. The lowest BCUT2D eigenvalue weighted by molar-refractivity contribution is 0.472. The van der Waals surface area contributed by atoms with E-state index in [4.69, 9.17) is 0 Å². The highest BCUT2D eigenvalue weighted by Crippen LogP contribution is 2.43. The monoisotopic (exact) mass is 470 g/mol. The predicted molar refractivity (Wildman–Crippen MR) is 156 cm³/mol. The van der Waals surface area contributed by atoms with Crippen LogP contribution in [-0.4, -0.2) is 6.54 Å². The van der Waals surface area contributed by atoms with Gasteiger partial charge in [0.15, 0.2) is 0 Å². The topological polar surface area (TPSA) is 0 Å². The summed E-state index contributed by atoms with van der Waals surface area (Å²) in [5.74, 6) is 0. The number of rotatable bonds is 18. The summed E-state index contributed by atoms with van der Waals surface area (Å²) in [5, 5.41) is 0. The van der Waals surface area contributed by atoms with E-state index >= 15 is 0 Å². The predicted octanol–water partition coefficient (Wildman–Crippen LogP) is 11.1. The molecule has 0 amide bonds. The standard InChI is InChI=1S/C34H48N/c1-2-3-4-5-6-7-8-9-10-11-12-13-14-24-31-35(32-25-18-15-19-26-32,33-27-20-16-21-28-33)34-29-22-17-23-30-34/h15-23,25-30H,2-14,24,31H2,1H3/q+1. The van der Waals surface area contributed by atoms with E-state index in [0.29, 0.717) is 0 Å². The second kappa shape index (κ2) is 16.3. The molecule has 188 valence electrons. The number of nitrogens with zero attached hydrogens (tertiary/aromatic N) is 1. The van der Waals surface area contributed by atoms with Gasteiger partial charge in [0.05, 0.1) is 6.54 Å². The van der Waals surface area contributed by atoms with Gasteiger partial charge in [-0.3, -0.25) is 0 Å². The van der Waals surface area contributed by atoms with Gasteiger partial charge in [-0.2, -0.15) is 0 Å². The molecule has 0 radical (unpaired) electrons. The highest BCUT2D eigenvalue weighted by molar-refractivity contribution is 5.70. The van der Waals surface area contributed by atoms with E-state index < -0.39 is 0 Å². The summed E-state index contributed by atoms with van der Waals surface area (Å²) in [7, 11) is 0. The normalized spacial score (nSPS) is 11.6. The molecule has 0 aliphatic heterocycles. The molecular formula is C34H48N+. The minimum absolute atomic E-state index is 0.792. The Morgan fingerprint density at radius 1 is 0.371 bits per heavy atom. The van der Waals surface area contributed by atoms with Gasteiger partial charge in [-0.1, -0.05) is 139 Å². The zero-order valence-corrected chi connectivity index (χ0v) is 22.2. The number of hydrogen-bond donors (Lipinski definition) is 0. The summed E-state index contributed by atoms with van der Waals surface area (Å²) < 4.78 is 0.792. The Hall–Kier alpha value is -2.38. The van der Waals surface area contributed by atoms with Crippen molar-refractivity contribution in [2.75, 3.05) is 6.54 Å². The van der Waals surface area contributed by atoms with Gasteiger partial charge in [0.25, 0.3) is 0 Å². The van der Waals surface area contributed by atoms with E-state index in [1.54, 1.807) is 0 Å². The molecule has 0 aliphatic carbocycles. The maximum absolute atomic E-state index is 2.30. The third kappa shape index (κ3) is 8.65. The van der Waals surface area contributed by atoms with Crippen molar-refractivity contribution in [1.29, 1.82) is 0 Å². The molecule has 3 rings (SSSR count). The Morgan fingerprint density at radius 3 is 0.971 bits per heavy atom. The number of unbranched alkanes of at least 4 members (excludes halogenated alkanes) is 13. The smallest absolute Gasteiger partial charge is 0.143 e. The quantitative estimate of drug-likeness (QED) is 0.128. The van der Waals surface area contributed by atoms with Crippen molar-refractivity contribution < 1.29 is 0 Å². The minimum Gasteiger partial charge on any atom is -0.227 e. The van der Waals surface area contributed by atoms with Crippen molar-refractivity contribution in [2.45, 2.75) is 96.8 Å². The van der Waals surface area contributed by atoms with Crippen LogP contribution in [0.1, 0.15) is 96.8 Å². The van der Waals surface area contributed by atoms with Crippen molar-refractivity contribution in [3.63, 3.8) is 0 Å². The van der Waals surface area contributed by atoms with E-state index in [9.17, 15) is 0 Å². The van der Waals surface area contributed by atoms with Gasteiger partial charge >= 0.3 is 0 Å². The molecule has 0 atom stereocenters. The number of hydrogen-bond acceptors (Lipinski definition) is 0. The summed E-state index contributed by atoms with van der Waals surface area (Å²) in [5.41, 5.74) is 4.04. The van der Waals surface area contributed by atoms with Gasteiger partial charge in [0, 0.05) is 0 Å². The minimum atomic E-state index is 0.792. The highest BCUT2D eigenvalue weighted by atomic mass is 15.4. The van der Waals surface area contributed by atoms with E-state index in [-0.39, 0.29) is 0 Å². The molecule has 1 nitrogen and oxygen atoms in total. The Bertz CT molecular complexity index is 791. The van der Waals surface area contributed by atoms with Crippen LogP contribution in [0.5, 0.6) is 0 Å². The first kappa shape index (κ1) is 27.2. The van der Waals surface area contributed by atoms with Crippen LogP contribution < -0.4 is 4.48 Å². The average molecular weight is 471 g/mol. The van der Waals surface area contributed by atoms with Crippen LogP contribution in [0.4, 0.5) is 17.1 Å².